The number of ether oxygens (including phenoxy) is 1. The number of nitrogens with zero attached hydrogens (tertiary/aromatic N) is 1. The minimum absolute atomic E-state index is 0.0154. The van der Waals surface area contributed by atoms with Gasteiger partial charge in [-0.15, -0.1) is 0 Å². The fraction of sp³-hybridized carbons (Fsp3) is 0.0870. The van der Waals surface area contributed by atoms with E-state index in [9.17, 15) is 9.59 Å². The Morgan fingerprint density at radius 2 is 1.80 bits per heavy atom. The van der Waals surface area contributed by atoms with E-state index in [-0.39, 0.29) is 10.7 Å². The number of aryl methyl sites for hydroxylation is 1. The van der Waals surface area contributed by atoms with E-state index >= 15 is 0 Å². The smallest absolute Gasteiger partial charge is 0.270 e. The maximum atomic E-state index is 13.2. The van der Waals surface area contributed by atoms with E-state index in [4.69, 9.17) is 28.6 Å². The van der Waals surface area contributed by atoms with Crippen molar-refractivity contribution in [1.82, 2.24) is 5.32 Å². The predicted molar refractivity (Wildman–Crippen MR) is 123 cm³/mol. The van der Waals surface area contributed by atoms with Gasteiger partial charge < -0.3 is 4.74 Å². The van der Waals surface area contributed by atoms with Crippen LogP contribution in [0.5, 0.6) is 5.75 Å². The zero-order chi connectivity index (χ0) is 21.4. The molecule has 0 bridgehead atoms. The van der Waals surface area contributed by atoms with E-state index in [0.29, 0.717) is 16.5 Å². The number of halogens is 1. The molecule has 30 heavy (non-hydrogen) atoms. The SMILES string of the molecule is COc1ccc(/C=C2\C(=O)NC(=S)N(c3ccc(C)c(Cl)c3)C2=O)c2ccccc12. The molecule has 1 aliphatic rings. The van der Waals surface area contributed by atoms with Crippen molar-refractivity contribution >= 4 is 63.3 Å². The molecule has 1 heterocycles. The first-order valence-corrected chi connectivity index (χ1v) is 9.92. The predicted octanol–water partition coefficient (Wildman–Crippen LogP) is 4.64. The molecule has 1 N–H and O–H groups in total. The van der Waals surface area contributed by atoms with Crippen LogP contribution in [0.2, 0.25) is 5.02 Å². The molecule has 3 aromatic rings. The van der Waals surface area contributed by atoms with Crippen LogP contribution in [0.25, 0.3) is 16.8 Å². The monoisotopic (exact) mass is 436 g/mol. The lowest BCUT2D eigenvalue weighted by molar-refractivity contribution is -0.122. The molecule has 0 atom stereocenters. The summed E-state index contributed by atoms with van der Waals surface area (Å²) in [4.78, 5) is 27.1. The summed E-state index contributed by atoms with van der Waals surface area (Å²) < 4.78 is 5.42. The average Bonchev–Trinajstić information content (AvgIpc) is 2.73. The van der Waals surface area contributed by atoms with Gasteiger partial charge in [0.2, 0.25) is 0 Å². The van der Waals surface area contributed by atoms with Crippen molar-refractivity contribution in [2.24, 2.45) is 0 Å². The van der Waals surface area contributed by atoms with Gasteiger partial charge >= 0.3 is 0 Å². The fourth-order valence-electron chi connectivity index (χ4n) is 3.37. The molecular weight excluding hydrogens is 420 g/mol. The first-order valence-electron chi connectivity index (χ1n) is 9.14. The number of fused-ring (bicyclic) bond motifs is 1. The molecule has 1 aliphatic heterocycles. The Hall–Kier alpha value is -3.22. The molecule has 7 heteroatoms. The lowest BCUT2D eigenvalue weighted by Crippen LogP contribution is -2.54. The number of carbonyl (C=O) groups excluding carboxylic acids is 2. The molecule has 0 saturated carbocycles. The number of nitrogens with one attached hydrogen (secondary N) is 1. The topological polar surface area (TPSA) is 58.6 Å². The summed E-state index contributed by atoms with van der Waals surface area (Å²) in [6.07, 6.45) is 1.57. The molecule has 4 rings (SSSR count). The number of methoxy groups -OCH3 is 1. The van der Waals surface area contributed by atoms with Gasteiger partial charge in [-0.25, -0.2) is 0 Å². The van der Waals surface area contributed by atoms with Gasteiger partial charge in [0.25, 0.3) is 11.8 Å². The highest BCUT2D eigenvalue weighted by molar-refractivity contribution is 7.80. The maximum Gasteiger partial charge on any atom is 0.270 e. The molecule has 1 fully saturated rings. The summed E-state index contributed by atoms with van der Waals surface area (Å²) in [5.41, 5.74) is 2.07. The normalized spacial score (nSPS) is 15.6. The van der Waals surface area contributed by atoms with Crippen molar-refractivity contribution in [2.75, 3.05) is 12.0 Å². The summed E-state index contributed by atoms with van der Waals surface area (Å²) >= 11 is 11.5. The first kappa shape index (κ1) is 20.1. The first-order chi connectivity index (χ1) is 14.4. The van der Waals surface area contributed by atoms with Crippen molar-refractivity contribution in [3.8, 4) is 5.75 Å². The molecule has 0 unspecified atom stereocenters. The second-order valence-electron chi connectivity index (χ2n) is 6.79. The third-order valence-corrected chi connectivity index (χ3v) is 5.64. The average molecular weight is 437 g/mol. The van der Waals surface area contributed by atoms with Crippen LogP contribution in [0, 0.1) is 6.92 Å². The number of thiocarbonyl (C=S) groups is 1. The third kappa shape index (κ3) is 3.44. The summed E-state index contributed by atoms with van der Waals surface area (Å²) in [7, 11) is 1.60. The van der Waals surface area contributed by atoms with Crippen molar-refractivity contribution in [1.29, 1.82) is 0 Å². The van der Waals surface area contributed by atoms with Crippen LogP contribution in [0.1, 0.15) is 11.1 Å². The van der Waals surface area contributed by atoms with Gasteiger partial charge in [0.05, 0.1) is 12.8 Å². The Bertz CT molecular complexity index is 1250. The highest BCUT2D eigenvalue weighted by Gasteiger charge is 2.34. The molecule has 1 saturated heterocycles. The van der Waals surface area contributed by atoms with Crippen LogP contribution in [0.15, 0.2) is 60.2 Å². The minimum atomic E-state index is -0.542. The summed E-state index contributed by atoms with van der Waals surface area (Å²) in [5.74, 6) is -0.341. The Morgan fingerprint density at radius 3 is 2.50 bits per heavy atom. The van der Waals surface area contributed by atoms with Crippen molar-refractivity contribution in [2.45, 2.75) is 6.92 Å². The largest absolute Gasteiger partial charge is 0.496 e. The van der Waals surface area contributed by atoms with E-state index in [1.165, 1.54) is 4.90 Å². The summed E-state index contributed by atoms with van der Waals surface area (Å²) in [6.45, 7) is 1.87. The number of carbonyl (C=O) groups is 2. The van der Waals surface area contributed by atoms with Gasteiger partial charge in [-0.3, -0.25) is 19.8 Å². The van der Waals surface area contributed by atoms with Gasteiger partial charge in [-0.1, -0.05) is 48.0 Å². The fourth-order valence-corrected chi connectivity index (χ4v) is 3.82. The van der Waals surface area contributed by atoms with Crippen LogP contribution < -0.4 is 15.0 Å². The number of benzene rings is 3. The Kier molecular flexibility index (Phi) is 5.28. The van der Waals surface area contributed by atoms with Crippen LogP contribution in [0.3, 0.4) is 0 Å². The molecule has 0 radical (unpaired) electrons. The highest BCUT2D eigenvalue weighted by atomic mass is 35.5. The van der Waals surface area contributed by atoms with Crippen LogP contribution in [0.4, 0.5) is 5.69 Å². The molecule has 0 spiro atoms. The van der Waals surface area contributed by atoms with E-state index in [0.717, 1.165) is 21.9 Å². The van der Waals surface area contributed by atoms with Crippen molar-refractivity contribution in [3.05, 3.63) is 76.3 Å². The Balaban J connectivity index is 1.82. The zero-order valence-electron chi connectivity index (χ0n) is 16.2. The molecule has 150 valence electrons. The van der Waals surface area contributed by atoms with Gasteiger partial charge in [0.15, 0.2) is 5.11 Å². The molecule has 3 aromatic carbocycles. The third-order valence-electron chi connectivity index (χ3n) is 4.95. The van der Waals surface area contributed by atoms with E-state index in [2.05, 4.69) is 5.32 Å². The summed E-state index contributed by atoms with van der Waals surface area (Å²) in [6, 6.07) is 16.4. The maximum absolute atomic E-state index is 13.2. The summed E-state index contributed by atoms with van der Waals surface area (Å²) in [5, 5.41) is 4.87. The van der Waals surface area contributed by atoms with Crippen LogP contribution in [-0.2, 0) is 9.59 Å². The van der Waals surface area contributed by atoms with Gasteiger partial charge in [0.1, 0.15) is 11.3 Å². The van der Waals surface area contributed by atoms with Gasteiger partial charge in [0, 0.05) is 10.4 Å². The number of hydrogen-bond acceptors (Lipinski definition) is 4. The number of rotatable bonds is 3. The molecule has 5 nitrogen and oxygen atoms in total. The van der Waals surface area contributed by atoms with Gasteiger partial charge in [-0.05, 0) is 59.9 Å². The van der Waals surface area contributed by atoms with Crippen molar-refractivity contribution in [3.63, 3.8) is 0 Å². The van der Waals surface area contributed by atoms with E-state index in [1.54, 1.807) is 31.4 Å². The van der Waals surface area contributed by atoms with E-state index in [1.807, 2.05) is 43.3 Å². The highest BCUT2D eigenvalue weighted by Crippen LogP contribution is 2.31. The standard InChI is InChI=1S/C23H17ClN2O3S/c1-13-7-9-15(12-19(13)24)26-22(28)18(21(27)25-23(26)30)11-14-8-10-20(29-2)17-6-4-3-5-16(14)17/h3-12H,1-2H3,(H,25,27,30)/b18-11+. The second kappa shape index (κ2) is 7.89. The second-order valence-corrected chi connectivity index (χ2v) is 7.59. The number of hydrogen-bond donors (Lipinski definition) is 1. The van der Waals surface area contributed by atoms with Crippen molar-refractivity contribution < 1.29 is 14.3 Å². The van der Waals surface area contributed by atoms with E-state index < -0.39 is 11.8 Å². The van der Waals surface area contributed by atoms with Gasteiger partial charge in [-0.2, -0.15) is 0 Å². The minimum Gasteiger partial charge on any atom is -0.496 e. The molecular formula is C23H17ClN2O3S. The number of amides is 2. The Labute approximate surface area is 183 Å². The quantitative estimate of drug-likeness (QED) is 0.369. The molecule has 0 aromatic heterocycles. The Morgan fingerprint density at radius 1 is 1.07 bits per heavy atom. The lowest BCUT2D eigenvalue weighted by atomic mass is 10.00. The number of anilines is 1. The zero-order valence-corrected chi connectivity index (χ0v) is 17.8. The van der Waals surface area contributed by atoms with Crippen LogP contribution >= 0.6 is 23.8 Å². The van der Waals surface area contributed by atoms with Crippen LogP contribution in [-0.4, -0.2) is 24.0 Å². The molecule has 2 amide bonds. The lowest BCUT2D eigenvalue weighted by Gasteiger charge is -2.29. The molecule has 0 aliphatic carbocycles.